The van der Waals surface area contributed by atoms with Crippen molar-refractivity contribution in [3.05, 3.63) is 15.8 Å². The van der Waals surface area contributed by atoms with Crippen molar-refractivity contribution in [3.63, 3.8) is 0 Å². The highest BCUT2D eigenvalue weighted by molar-refractivity contribution is 7.89. The average molecular weight is 321 g/mol. The minimum absolute atomic E-state index is 0.00939. The fourth-order valence-corrected chi connectivity index (χ4v) is 4.29. The molecule has 0 spiro atoms. The molecule has 9 heteroatoms. The minimum Gasteiger partial charge on any atom is -0.481 e. The topological polar surface area (TPSA) is 110 Å². The SMILES string of the molecule is COC(=O)c1scc(C)c1S(=O)(=O)NCCCC(=O)O. The van der Waals surface area contributed by atoms with E-state index in [4.69, 9.17) is 5.11 Å². The first-order valence-corrected chi connectivity index (χ1v) is 8.03. The van der Waals surface area contributed by atoms with Gasteiger partial charge in [0.15, 0.2) is 0 Å². The van der Waals surface area contributed by atoms with Gasteiger partial charge >= 0.3 is 11.9 Å². The average Bonchev–Trinajstić information content (AvgIpc) is 2.76. The summed E-state index contributed by atoms with van der Waals surface area (Å²) < 4.78 is 31.1. The van der Waals surface area contributed by atoms with Crippen molar-refractivity contribution in [2.24, 2.45) is 0 Å². The van der Waals surface area contributed by atoms with Gasteiger partial charge in [0.2, 0.25) is 10.0 Å². The van der Waals surface area contributed by atoms with Gasteiger partial charge < -0.3 is 9.84 Å². The zero-order valence-corrected chi connectivity index (χ0v) is 12.6. The van der Waals surface area contributed by atoms with Crippen LogP contribution in [0.3, 0.4) is 0 Å². The molecule has 0 aromatic carbocycles. The van der Waals surface area contributed by atoms with E-state index in [9.17, 15) is 18.0 Å². The molecule has 1 rings (SSSR count). The third-order valence-corrected chi connectivity index (χ3v) is 5.27. The number of thiophene rings is 1. The van der Waals surface area contributed by atoms with E-state index in [2.05, 4.69) is 9.46 Å². The lowest BCUT2D eigenvalue weighted by Crippen LogP contribution is -2.27. The van der Waals surface area contributed by atoms with Gasteiger partial charge in [-0.25, -0.2) is 17.9 Å². The molecule has 112 valence electrons. The van der Waals surface area contributed by atoms with Crippen molar-refractivity contribution in [1.29, 1.82) is 0 Å². The molecule has 0 aliphatic carbocycles. The maximum absolute atomic E-state index is 12.1. The van der Waals surface area contributed by atoms with Crippen LogP contribution in [0.2, 0.25) is 0 Å². The van der Waals surface area contributed by atoms with Gasteiger partial charge in [0.25, 0.3) is 0 Å². The number of sulfonamides is 1. The highest BCUT2D eigenvalue weighted by atomic mass is 32.2. The van der Waals surface area contributed by atoms with Crippen LogP contribution in [-0.4, -0.2) is 39.1 Å². The Balaban J connectivity index is 2.90. The first kappa shape index (κ1) is 16.6. The molecule has 20 heavy (non-hydrogen) atoms. The normalized spacial score (nSPS) is 11.3. The first-order chi connectivity index (χ1) is 9.29. The van der Waals surface area contributed by atoms with E-state index in [1.807, 2.05) is 0 Å². The molecule has 0 amide bonds. The molecule has 0 aliphatic heterocycles. The monoisotopic (exact) mass is 321 g/mol. The number of esters is 1. The Labute approximate surface area is 120 Å². The number of rotatable bonds is 7. The summed E-state index contributed by atoms with van der Waals surface area (Å²) in [7, 11) is -2.69. The lowest BCUT2D eigenvalue weighted by atomic mass is 10.3. The molecular formula is C11H15NO6S2. The molecule has 0 radical (unpaired) electrons. The molecule has 1 aromatic heterocycles. The fourth-order valence-electron chi connectivity index (χ4n) is 1.52. The van der Waals surface area contributed by atoms with Crippen LogP contribution in [0.15, 0.2) is 10.3 Å². The largest absolute Gasteiger partial charge is 0.481 e. The number of aliphatic carboxylic acids is 1. The van der Waals surface area contributed by atoms with Gasteiger partial charge in [0, 0.05) is 13.0 Å². The Bertz CT molecular complexity index is 604. The number of carbonyl (C=O) groups is 2. The maximum Gasteiger partial charge on any atom is 0.349 e. The number of carboxylic acid groups (broad SMARTS) is 1. The van der Waals surface area contributed by atoms with E-state index >= 15 is 0 Å². The molecule has 0 saturated carbocycles. The molecule has 0 bridgehead atoms. The molecule has 0 unspecified atom stereocenters. The van der Waals surface area contributed by atoms with E-state index in [0.717, 1.165) is 11.3 Å². The van der Waals surface area contributed by atoms with Gasteiger partial charge in [0.1, 0.15) is 9.77 Å². The van der Waals surface area contributed by atoms with Crippen LogP contribution in [-0.2, 0) is 19.6 Å². The summed E-state index contributed by atoms with van der Waals surface area (Å²) >= 11 is 0.992. The number of methoxy groups -OCH3 is 1. The zero-order chi connectivity index (χ0) is 15.3. The van der Waals surface area contributed by atoms with Crippen LogP contribution >= 0.6 is 11.3 Å². The van der Waals surface area contributed by atoms with Crippen molar-refractivity contribution in [2.45, 2.75) is 24.7 Å². The number of nitrogens with one attached hydrogen (secondary N) is 1. The van der Waals surface area contributed by atoms with Crippen molar-refractivity contribution in [3.8, 4) is 0 Å². The minimum atomic E-state index is -3.86. The van der Waals surface area contributed by atoms with Crippen molar-refractivity contribution in [1.82, 2.24) is 4.72 Å². The highest BCUT2D eigenvalue weighted by Gasteiger charge is 2.27. The van der Waals surface area contributed by atoms with Crippen molar-refractivity contribution < 1.29 is 27.9 Å². The van der Waals surface area contributed by atoms with E-state index in [0.29, 0.717) is 5.56 Å². The fraction of sp³-hybridized carbons (Fsp3) is 0.455. The van der Waals surface area contributed by atoms with Crippen molar-refractivity contribution >= 4 is 33.3 Å². The third-order valence-electron chi connectivity index (χ3n) is 2.42. The summed E-state index contributed by atoms with van der Waals surface area (Å²) in [6.07, 6.45) is 0.0420. The molecule has 1 aromatic rings. The molecule has 2 N–H and O–H groups in total. The molecule has 0 fully saturated rings. The molecule has 0 atom stereocenters. The van der Waals surface area contributed by atoms with Crippen LogP contribution in [0.5, 0.6) is 0 Å². The maximum atomic E-state index is 12.1. The first-order valence-electron chi connectivity index (χ1n) is 5.67. The molecule has 0 saturated heterocycles. The van der Waals surface area contributed by atoms with Gasteiger partial charge in [-0.15, -0.1) is 11.3 Å². The van der Waals surface area contributed by atoms with E-state index < -0.39 is 22.0 Å². The Kier molecular flexibility index (Phi) is 5.66. The summed E-state index contributed by atoms with van der Waals surface area (Å²) in [5.74, 6) is -1.71. The molecule has 0 aliphatic rings. The smallest absolute Gasteiger partial charge is 0.349 e. The van der Waals surface area contributed by atoms with Gasteiger partial charge in [-0.1, -0.05) is 0 Å². The summed E-state index contributed by atoms with van der Waals surface area (Å²) in [4.78, 5) is 21.8. The Morgan fingerprint density at radius 3 is 2.65 bits per heavy atom. The number of carboxylic acids is 1. The molecular weight excluding hydrogens is 306 g/mol. The van der Waals surface area contributed by atoms with Gasteiger partial charge in [0.05, 0.1) is 7.11 Å². The summed E-state index contributed by atoms with van der Waals surface area (Å²) in [6.45, 7) is 1.57. The van der Waals surface area contributed by atoms with Crippen LogP contribution in [0.4, 0.5) is 0 Å². The predicted molar refractivity (Wildman–Crippen MR) is 72.5 cm³/mol. The lowest BCUT2D eigenvalue weighted by Gasteiger charge is -2.07. The van der Waals surface area contributed by atoms with E-state index in [-0.39, 0.29) is 29.2 Å². The second kappa shape index (κ2) is 6.82. The van der Waals surface area contributed by atoms with Crippen LogP contribution in [0.1, 0.15) is 28.1 Å². The third kappa shape index (κ3) is 4.02. The Hall–Kier alpha value is -1.45. The second-order valence-electron chi connectivity index (χ2n) is 3.96. The highest BCUT2D eigenvalue weighted by Crippen LogP contribution is 2.27. The van der Waals surface area contributed by atoms with Crippen molar-refractivity contribution in [2.75, 3.05) is 13.7 Å². The summed E-state index contributed by atoms with van der Waals surface area (Å²) in [6, 6.07) is 0. The van der Waals surface area contributed by atoms with Crippen LogP contribution in [0.25, 0.3) is 0 Å². The number of ether oxygens (including phenoxy) is 1. The molecule has 1 heterocycles. The molecule has 7 nitrogen and oxygen atoms in total. The summed E-state index contributed by atoms with van der Waals surface area (Å²) in [5.41, 5.74) is 0.445. The predicted octanol–water partition coefficient (Wildman–Crippen LogP) is 0.986. The number of hydrogen-bond donors (Lipinski definition) is 2. The zero-order valence-electron chi connectivity index (χ0n) is 11.0. The lowest BCUT2D eigenvalue weighted by molar-refractivity contribution is -0.137. The number of carbonyl (C=O) groups excluding carboxylic acids is 1. The standard InChI is InChI=1S/C11H15NO6S2/c1-7-6-19-9(11(15)18-2)10(7)20(16,17)12-5-3-4-8(13)14/h6,12H,3-5H2,1-2H3,(H,13,14). The van der Waals surface area contributed by atoms with E-state index in [1.165, 1.54) is 7.11 Å². The number of hydrogen-bond acceptors (Lipinski definition) is 6. The van der Waals surface area contributed by atoms with Gasteiger partial charge in [-0.2, -0.15) is 0 Å². The Morgan fingerprint density at radius 1 is 1.45 bits per heavy atom. The van der Waals surface area contributed by atoms with Crippen LogP contribution in [0, 0.1) is 6.92 Å². The van der Waals surface area contributed by atoms with Gasteiger partial charge in [-0.05, 0) is 24.3 Å². The second-order valence-corrected chi connectivity index (χ2v) is 6.55. The quantitative estimate of drug-likeness (QED) is 0.572. The van der Waals surface area contributed by atoms with Gasteiger partial charge in [-0.3, -0.25) is 4.79 Å². The number of aryl methyl sites for hydroxylation is 1. The van der Waals surface area contributed by atoms with E-state index in [1.54, 1.807) is 12.3 Å². The van der Waals surface area contributed by atoms with Crippen LogP contribution < -0.4 is 4.72 Å². The Morgan fingerprint density at radius 2 is 2.10 bits per heavy atom. The summed E-state index contributed by atoms with van der Waals surface area (Å²) in [5, 5.41) is 10.0.